The van der Waals surface area contributed by atoms with Gasteiger partial charge in [-0.15, -0.1) is 0 Å². The first kappa shape index (κ1) is 21.9. The Morgan fingerprint density at radius 1 is 1.03 bits per heavy atom. The van der Waals surface area contributed by atoms with Gasteiger partial charge in [0, 0.05) is 24.0 Å². The molecule has 1 aliphatic carbocycles. The zero-order chi connectivity index (χ0) is 24.0. The number of hydrogen-bond acceptors (Lipinski definition) is 7. The highest BCUT2D eigenvalue weighted by molar-refractivity contribution is 7.90. The summed E-state index contributed by atoms with van der Waals surface area (Å²) in [7, 11) is -3.80. The second-order valence-corrected chi connectivity index (χ2v) is 10.7. The van der Waals surface area contributed by atoms with Crippen LogP contribution in [0.25, 0.3) is 22.1 Å². The number of benzene rings is 1. The SMILES string of the molecule is O=S(=O)(c1ccccc1)n1ccc2c1ncc1nc(CCO)n(C3CCC(n4cncn4)CC3)c12. The Labute approximate surface area is 201 Å². The molecule has 1 fully saturated rings. The fourth-order valence-corrected chi connectivity index (χ4v) is 6.57. The van der Waals surface area contributed by atoms with E-state index in [0.29, 0.717) is 23.6 Å². The molecule has 1 aromatic carbocycles. The van der Waals surface area contributed by atoms with E-state index >= 15 is 0 Å². The Morgan fingerprint density at radius 2 is 1.80 bits per heavy atom. The minimum Gasteiger partial charge on any atom is -0.396 e. The number of hydrogen-bond donors (Lipinski definition) is 1. The van der Waals surface area contributed by atoms with Crippen molar-refractivity contribution in [2.75, 3.05) is 6.61 Å². The lowest BCUT2D eigenvalue weighted by molar-refractivity contribution is 0.254. The molecule has 35 heavy (non-hydrogen) atoms. The van der Waals surface area contributed by atoms with Crippen LogP contribution >= 0.6 is 0 Å². The Hall–Kier alpha value is -3.57. The topological polar surface area (TPSA) is 121 Å². The van der Waals surface area contributed by atoms with Crippen LogP contribution in [0.5, 0.6) is 0 Å². The van der Waals surface area contributed by atoms with Gasteiger partial charge in [0.2, 0.25) is 0 Å². The maximum atomic E-state index is 13.3. The molecule has 11 heteroatoms. The molecule has 1 aliphatic rings. The quantitative estimate of drug-likeness (QED) is 0.387. The van der Waals surface area contributed by atoms with E-state index in [4.69, 9.17) is 4.98 Å². The minimum absolute atomic E-state index is 0.0163. The molecular weight excluding hydrogens is 466 g/mol. The zero-order valence-corrected chi connectivity index (χ0v) is 19.8. The summed E-state index contributed by atoms with van der Waals surface area (Å²) in [6, 6.07) is 10.6. The van der Waals surface area contributed by atoms with Gasteiger partial charge < -0.3 is 9.67 Å². The predicted molar refractivity (Wildman–Crippen MR) is 129 cm³/mol. The van der Waals surface area contributed by atoms with Crippen LogP contribution in [0.3, 0.4) is 0 Å². The first-order chi connectivity index (χ1) is 17.1. The highest BCUT2D eigenvalue weighted by atomic mass is 32.2. The maximum Gasteiger partial charge on any atom is 0.269 e. The van der Waals surface area contributed by atoms with Gasteiger partial charge in [0.05, 0.1) is 29.3 Å². The lowest BCUT2D eigenvalue weighted by atomic mass is 9.90. The van der Waals surface area contributed by atoms with E-state index in [1.54, 1.807) is 61.4 Å². The van der Waals surface area contributed by atoms with Crippen LogP contribution in [0, 0.1) is 0 Å². The number of fused-ring (bicyclic) bond motifs is 3. The van der Waals surface area contributed by atoms with E-state index in [9.17, 15) is 13.5 Å². The number of aliphatic hydroxyl groups is 1. The monoisotopic (exact) mass is 491 g/mol. The number of nitrogens with zero attached hydrogens (tertiary/aromatic N) is 7. The normalized spacial score (nSPS) is 19.0. The smallest absolute Gasteiger partial charge is 0.269 e. The Bertz CT molecular complexity index is 1580. The molecule has 1 saturated carbocycles. The summed E-state index contributed by atoms with van der Waals surface area (Å²) >= 11 is 0. The second kappa shape index (κ2) is 8.58. The molecule has 0 atom stereocenters. The Morgan fingerprint density at radius 3 is 2.51 bits per heavy atom. The van der Waals surface area contributed by atoms with Crippen molar-refractivity contribution in [2.24, 2.45) is 0 Å². The van der Waals surface area contributed by atoms with Crippen molar-refractivity contribution in [3.63, 3.8) is 0 Å². The highest BCUT2D eigenvalue weighted by Crippen LogP contribution is 2.39. The third-order valence-electron chi connectivity index (χ3n) is 6.88. The molecule has 6 rings (SSSR count). The van der Waals surface area contributed by atoms with Gasteiger partial charge in [0.1, 0.15) is 24.0 Å². The summed E-state index contributed by atoms with van der Waals surface area (Å²) in [6.07, 6.45) is 10.7. The summed E-state index contributed by atoms with van der Waals surface area (Å²) in [6.45, 7) is -0.0163. The molecule has 4 heterocycles. The molecule has 10 nitrogen and oxygen atoms in total. The Kier molecular flexibility index (Phi) is 5.37. The van der Waals surface area contributed by atoms with Gasteiger partial charge in [-0.3, -0.25) is 0 Å². The van der Waals surface area contributed by atoms with Crippen LogP contribution in [0.4, 0.5) is 0 Å². The molecule has 0 aliphatic heterocycles. The van der Waals surface area contributed by atoms with Crippen LogP contribution in [-0.2, 0) is 16.4 Å². The van der Waals surface area contributed by atoms with E-state index in [0.717, 1.165) is 42.4 Å². The highest BCUT2D eigenvalue weighted by Gasteiger charge is 2.29. The average molecular weight is 492 g/mol. The largest absolute Gasteiger partial charge is 0.396 e. The number of rotatable bonds is 6. The first-order valence-corrected chi connectivity index (χ1v) is 13.1. The van der Waals surface area contributed by atoms with Crippen molar-refractivity contribution in [3.8, 4) is 0 Å². The standard InChI is InChI=1S/C24H25N7O3S/c32-13-11-22-28-21-14-26-24-20(10-12-30(24)35(33,34)19-4-2-1-3-5-19)23(21)31(22)18-8-6-17(7-9-18)29-16-25-15-27-29/h1-5,10,12,14-18,32H,6-9,11,13H2. The fourth-order valence-electron chi connectivity index (χ4n) is 5.25. The third kappa shape index (κ3) is 3.62. The number of aromatic nitrogens is 7. The molecule has 1 N–H and O–H groups in total. The summed E-state index contributed by atoms with van der Waals surface area (Å²) < 4.78 is 32.0. The van der Waals surface area contributed by atoms with Crippen molar-refractivity contribution in [1.82, 2.24) is 33.3 Å². The van der Waals surface area contributed by atoms with Crippen molar-refractivity contribution in [1.29, 1.82) is 0 Å². The van der Waals surface area contributed by atoms with E-state index in [1.165, 1.54) is 3.97 Å². The van der Waals surface area contributed by atoms with Gasteiger partial charge in [-0.1, -0.05) is 18.2 Å². The van der Waals surface area contributed by atoms with E-state index in [1.807, 2.05) is 4.68 Å². The van der Waals surface area contributed by atoms with Gasteiger partial charge in [0.25, 0.3) is 10.0 Å². The van der Waals surface area contributed by atoms with Crippen molar-refractivity contribution >= 4 is 32.1 Å². The number of aliphatic hydroxyl groups excluding tert-OH is 1. The number of imidazole rings is 1. The average Bonchev–Trinajstić information content (AvgIpc) is 3.63. The van der Waals surface area contributed by atoms with Gasteiger partial charge >= 0.3 is 0 Å². The molecule has 0 bridgehead atoms. The summed E-state index contributed by atoms with van der Waals surface area (Å²) in [5.41, 5.74) is 1.94. The molecule has 180 valence electrons. The lowest BCUT2D eigenvalue weighted by Crippen LogP contribution is -2.22. The van der Waals surface area contributed by atoms with Crippen molar-refractivity contribution in [3.05, 3.63) is 67.3 Å². The van der Waals surface area contributed by atoms with Gasteiger partial charge in [-0.2, -0.15) is 5.10 Å². The van der Waals surface area contributed by atoms with Crippen LogP contribution in [-0.4, -0.2) is 53.4 Å². The minimum atomic E-state index is -3.80. The van der Waals surface area contributed by atoms with Gasteiger partial charge in [-0.25, -0.2) is 32.0 Å². The van der Waals surface area contributed by atoms with Crippen molar-refractivity contribution in [2.45, 2.75) is 49.1 Å². The molecule has 0 spiro atoms. The van der Waals surface area contributed by atoms with Crippen molar-refractivity contribution < 1.29 is 13.5 Å². The van der Waals surface area contributed by atoms with Crippen LogP contribution < -0.4 is 0 Å². The van der Waals surface area contributed by atoms with E-state index in [-0.39, 0.29) is 17.5 Å². The van der Waals surface area contributed by atoms with Gasteiger partial charge in [0.15, 0.2) is 5.65 Å². The van der Waals surface area contributed by atoms with E-state index in [2.05, 4.69) is 19.6 Å². The Balaban J connectivity index is 1.46. The summed E-state index contributed by atoms with van der Waals surface area (Å²) in [5, 5.41) is 14.7. The first-order valence-electron chi connectivity index (χ1n) is 11.7. The summed E-state index contributed by atoms with van der Waals surface area (Å²) in [4.78, 5) is 13.6. The molecule has 0 saturated heterocycles. The van der Waals surface area contributed by atoms with Crippen LogP contribution in [0.15, 0.2) is 66.3 Å². The molecular formula is C24H25N7O3S. The third-order valence-corrected chi connectivity index (χ3v) is 8.56. The molecule has 0 unspecified atom stereocenters. The second-order valence-electron chi connectivity index (χ2n) is 8.87. The molecule has 0 radical (unpaired) electrons. The fraction of sp³-hybridized carbons (Fsp3) is 0.333. The predicted octanol–water partition coefficient (Wildman–Crippen LogP) is 3.11. The van der Waals surface area contributed by atoms with Gasteiger partial charge in [-0.05, 0) is 43.9 Å². The van der Waals surface area contributed by atoms with Crippen LogP contribution in [0.2, 0.25) is 0 Å². The molecule has 4 aromatic heterocycles. The van der Waals surface area contributed by atoms with E-state index < -0.39 is 10.0 Å². The number of pyridine rings is 1. The van der Waals surface area contributed by atoms with Crippen LogP contribution in [0.1, 0.15) is 43.6 Å². The summed E-state index contributed by atoms with van der Waals surface area (Å²) in [5.74, 6) is 0.791. The zero-order valence-electron chi connectivity index (χ0n) is 19.0. The molecule has 0 amide bonds. The maximum absolute atomic E-state index is 13.3. The lowest BCUT2D eigenvalue weighted by Gasteiger charge is -2.30. The molecule has 5 aromatic rings.